The van der Waals surface area contributed by atoms with Gasteiger partial charge in [-0.25, -0.2) is 14.8 Å². The topological polar surface area (TPSA) is 75.1 Å². The number of aryl methyl sites for hydroxylation is 2. The second-order valence-corrected chi connectivity index (χ2v) is 8.16. The highest BCUT2D eigenvalue weighted by molar-refractivity contribution is 7.19. The summed E-state index contributed by atoms with van der Waals surface area (Å²) >= 11 is 1.86. The lowest BCUT2D eigenvalue weighted by Gasteiger charge is -2.08. The largest absolute Gasteiger partial charge is 0.478 e. The minimum absolute atomic E-state index is 0.259. The molecule has 0 aliphatic carbocycles. The molecule has 2 N–H and O–H groups in total. The maximum Gasteiger partial charge on any atom is 0.335 e. The Hall–Kier alpha value is -3.25. The van der Waals surface area contributed by atoms with Crippen molar-refractivity contribution in [3.63, 3.8) is 0 Å². The van der Waals surface area contributed by atoms with E-state index in [0.717, 1.165) is 30.0 Å². The van der Waals surface area contributed by atoms with E-state index in [1.165, 1.54) is 32.4 Å². The number of carbonyl (C=O) groups is 1. The van der Waals surface area contributed by atoms with Crippen LogP contribution >= 0.6 is 11.3 Å². The zero-order valence-electron chi connectivity index (χ0n) is 16.3. The molecule has 0 radical (unpaired) electrons. The summed E-state index contributed by atoms with van der Waals surface area (Å²) in [5.41, 5.74) is 4.58. The van der Waals surface area contributed by atoms with Crippen LogP contribution in [0.4, 0.5) is 5.82 Å². The number of nitrogens with zero attached hydrogens (tertiary/aromatic N) is 2. The third kappa shape index (κ3) is 3.98. The highest BCUT2D eigenvalue weighted by Gasteiger charge is 2.10. The van der Waals surface area contributed by atoms with Gasteiger partial charge in [-0.05, 0) is 48.9 Å². The van der Waals surface area contributed by atoms with Gasteiger partial charge in [0.15, 0.2) is 0 Å². The molecule has 0 spiro atoms. The molecule has 5 nitrogen and oxygen atoms in total. The highest BCUT2D eigenvalue weighted by atomic mass is 32.1. The lowest BCUT2D eigenvalue weighted by Crippen LogP contribution is -2.07. The molecule has 0 fully saturated rings. The molecule has 0 saturated heterocycles. The van der Waals surface area contributed by atoms with Crippen molar-refractivity contribution in [3.8, 4) is 11.3 Å². The summed E-state index contributed by atoms with van der Waals surface area (Å²) < 4.78 is 1.37. The Morgan fingerprint density at radius 3 is 2.66 bits per heavy atom. The molecule has 4 aromatic rings. The van der Waals surface area contributed by atoms with E-state index in [2.05, 4.69) is 47.3 Å². The van der Waals surface area contributed by atoms with E-state index in [-0.39, 0.29) is 5.56 Å². The van der Waals surface area contributed by atoms with E-state index in [1.807, 2.05) is 17.4 Å². The maximum absolute atomic E-state index is 11.0. The van der Waals surface area contributed by atoms with Gasteiger partial charge in [0.2, 0.25) is 0 Å². The van der Waals surface area contributed by atoms with Crippen LogP contribution in [-0.4, -0.2) is 27.6 Å². The Kier molecular flexibility index (Phi) is 5.27. The molecular formula is C23H21N3O2S. The normalized spacial score (nSPS) is 11.0. The molecule has 0 atom stereocenters. The van der Waals surface area contributed by atoms with Crippen LogP contribution in [0.1, 0.15) is 26.4 Å². The third-order valence-corrected chi connectivity index (χ3v) is 6.29. The Morgan fingerprint density at radius 1 is 1.10 bits per heavy atom. The summed E-state index contributed by atoms with van der Waals surface area (Å²) in [6, 6.07) is 15.1. The number of nitrogens with one attached hydrogen (secondary N) is 1. The molecule has 2 aromatic carbocycles. The molecule has 2 aromatic heterocycles. The van der Waals surface area contributed by atoms with Crippen LogP contribution in [0.2, 0.25) is 0 Å². The summed E-state index contributed by atoms with van der Waals surface area (Å²) in [7, 11) is 0. The maximum atomic E-state index is 11.0. The SMILES string of the molecule is Cc1sc2c(C)cccc2c1CCNc1cc(-c2ccc(C(=O)O)cc2)ncn1. The van der Waals surface area contributed by atoms with Gasteiger partial charge < -0.3 is 10.4 Å². The fraction of sp³-hybridized carbons (Fsp3) is 0.174. The fourth-order valence-corrected chi connectivity index (χ4v) is 4.62. The van der Waals surface area contributed by atoms with Crippen LogP contribution in [0.3, 0.4) is 0 Å². The van der Waals surface area contributed by atoms with E-state index in [0.29, 0.717) is 0 Å². The average molecular weight is 404 g/mol. The molecule has 2 heterocycles. The number of fused-ring (bicyclic) bond motifs is 1. The van der Waals surface area contributed by atoms with Gasteiger partial charge in [0.05, 0.1) is 11.3 Å². The van der Waals surface area contributed by atoms with E-state index in [1.54, 1.807) is 24.3 Å². The lowest BCUT2D eigenvalue weighted by atomic mass is 10.1. The van der Waals surface area contributed by atoms with Gasteiger partial charge in [0, 0.05) is 27.8 Å². The number of rotatable bonds is 6. The van der Waals surface area contributed by atoms with Crippen molar-refractivity contribution in [2.45, 2.75) is 20.3 Å². The number of carboxylic acid groups (broad SMARTS) is 1. The van der Waals surface area contributed by atoms with Crippen molar-refractivity contribution >= 4 is 33.2 Å². The van der Waals surface area contributed by atoms with E-state index >= 15 is 0 Å². The molecule has 146 valence electrons. The number of hydrogen-bond acceptors (Lipinski definition) is 5. The fourth-order valence-electron chi connectivity index (χ4n) is 3.45. The zero-order valence-corrected chi connectivity index (χ0v) is 17.1. The molecule has 0 aliphatic rings. The van der Waals surface area contributed by atoms with Gasteiger partial charge in [-0.3, -0.25) is 0 Å². The molecule has 0 aliphatic heterocycles. The number of hydrogen-bond donors (Lipinski definition) is 2. The van der Waals surface area contributed by atoms with Crippen LogP contribution < -0.4 is 5.32 Å². The molecule has 4 rings (SSSR count). The van der Waals surface area contributed by atoms with E-state index in [9.17, 15) is 4.79 Å². The van der Waals surface area contributed by atoms with Crippen LogP contribution in [0, 0.1) is 13.8 Å². The lowest BCUT2D eigenvalue weighted by molar-refractivity contribution is 0.0697. The summed E-state index contributed by atoms with van der Waals surface area (Å²) in [6.07, 6.45) is 2.44. The van der Waals surface area contributed by atoms with Crippen LogP contribution in [0.25, 0.3) is 21.3 Å². The minimum Gasteiger partial charge on any atom is -0.478 e. The Morgan fingerprint density at radius 2 is 1.90 bits per heavy atom. The van der Waals surface area contributed by atoms with Crippen molar-refractivity contribution in [3.05, 3.63) is 76.4 Å². The number of aromatic carboxylic acids is 1. The first-order valence-electron chi connectivity index (χ1n) is 9.40. The number of thiophene rings is 1. The Balaban J connectivity index is 1.47. The van der Waals surface area contributed by atoms with Crippen molar-refractivity contribution in [1.82, 2.24) is 9.97 Å². The molecule has 0 saturated carbocycles. The molecule has 0 bridgehead atoms. The minimum atomic E-state index is -0.937. The number of aromatic nitrogens is 2. The first-order chi connectivity index (χ1) is 14.0. The second-order valence-electron chi connectivity index (χ2n) is 6.94. The van der Waals surface area contributed by atoms with Crippen LogP contribution in [-0.2, 0) is 6.42 Å². The van der Waals surface area contributed by atoms with Gasteiger partial charge >= 0.3 is 5.97 Å². The summed E-state index contributed by atoms with van der Waals surface area (Å²) in [6.45, 7) is 5.11. The smallest absolute Gasteiger partial charge is 0.335 e. The first kappa shape index (κ1) is 19.1. The van der Waals surface area contributed by atoms with Crippen molar-refractivity contribution in [2.75, 3.05) is 11.9 Å². The number of anilines is 1. The molecule has 6 heteroatoms. The molecule has 0 unspecified atom stereocenters. The predicted octanol–water partition coefficient (Wildman–Crippen LogP) is 5.33. The van der Waals surface area contributed by atoms with Crippen LogP contribution in [0.15, 0.2) is 54.9 Å². The molecule has 0 amide bonds. The monoisotopic (exact) mass is 403 g/mol. The van der Waals surface area contributed by atoms with Gasteiger partial charge in [-0.2, -0.15) is 0 Å². The van der Waals surface area contributed by atoms with Crippen molar-refractivity contribution < 1.29 is 9.90 Å². The summed E-state index contributed by atoms with van der Waals surface area (Å²) in [5, 5.41) is 13.8. The first-order valence-corrected chi connectivity index (χ1v) is 10.2. The van der Waals surface area contributed by atoms with E-state index in [4.69, 9.17) is 5.11 Å². The van der Waals surface area contributed by atoms with Crippen LogP contribution in [0.5, 0.6) is 0 Å². The Labute approximate surface area is 173 Å². The van der Waals surface area contributed by atoms with Gasteiger partial charge in [-0.1, -0.05) is 30.3 Å². The molecular weight excluding hydrogens is 382 g/mol. The van der Waals surface area contributed by atoms with Gasteiger partial charge in [0.1, 0.15) is 12.1 Å². The van der Waals surface area contributed by atoms with Crippen molar-refractivity contribution in [1.29, 1.82) is 0 Å². The Bertz CT molecular complexity index is 1180. The van der Waals surface area contributed by atoms with Gasteiger partial charge in [0.25, 0.3) is 0 Å². The quantitative estimate of drug-likeness (QED) is 0.455. The predicted molar refractivity (Wildman–Crippen MR) is 118 cm³/mol. The number of benzene rings is 2. The zero-order chi connectivity index (χ0) is 20.4. The third-order valence-electron chi connectivity index (χ3n) is 4.99. The van der Waals surface area contributed by atoms with E-state index < -0.39 is 5.97 Å². The summed E-state index contributed by atoms with van der Waals surface area (Å²) in [5.74, 6) is -0.182. The summed E-state index contributed by atoms with van der Waals surface area (Å²) in [4.78, 5) is 21.0. The van der Waals surface area contributed by atoms with Crippen molar-refractivity contribution in [2.24, 2.45) is 0 Å². The standard InChI is InChI=1S/C23H21N3O2S/c1-14-4-3-5-19-18(15(2)29-22(14)19)10-11-24-21-12-20(25-13-26-21)16-6-8-17(9-7-16)23(27)28/h3-9,12-13H,10-11H2,1-2H3,(H,27,28)(H,24,25,26). The number of carboxylic acids is 1. The molecule has 29 heavy (non-hydrogen) atoms. The van der Waals surface area contributed by atoms with Gasteiger partial charge in [-0.15, -0.1) is 11.3 Å². The second kappa shape index (κ2) is 8.01. The average Bonchev–Trinajstić information content (AvgIpc) is 3.05. The highest BCUT2D eigenvalue weighted by Crippen LogP contribution is 2.33.